The quantitative estimate of drug-likeness (QED) is 0.0811. The fourth-order valence-corrected chi connectivity index (χ4v) is 9.59. The van der Waals surface area contributed by atoms with Crippen molar-refractivity contribution in [2.75, 3.05) is 39.6 Å². The molecule has 11 aromatic rings. The van der Waals surface area contributed by atoms with Crippen molar-refractivity contribution in [1.29, 1.82) is 0 Å². The van der Waals surface area contributed by atoms with Crippen LogP contribution in [0.2, 0.25) is 0 Å². The molecule has 21 aliphatic rings. The van der Waals surface area contributed by atoms with Crippen LogP contribution < -0.4 is 42.6 Å². The zero-order valence-electron chi connectivity index (χ0n) is 49.7. The molecule has 0 N–H and O–H groups in total. The highest BCUT2D eigenvalue weighted by atomic mass is 16.6. The number of hydrogen-bond donors (Lipinski definition) is 0. The van der Waals surface area contributed by atoms with Gasteiger partial charge in [0.1, 0.15) is 34.5 Å². The molecule has 0 unspecified atom stereocenters. The predicted molar refractivity (Wildman–Crippen MR) is 332 cm³/mol. The first-order valence-electron chi connectivity index (χ1n) is 29.1. The van der Waals surface area contributed by atoms with E-state index in [1.54, 1.807) is 93.6 Å². The first-order chi connectivity index (χ1) is 45.5. The Morgan fingerprint density at radius 2 is 0.430 bits per heavy atom. The molecular formula is C69H51N9O15. The van der Waals surface area contributed by atoms with E-state index in [4.69, 9.17) is 56.8 Å². The summed E-state index contributed by atoms with van der Waals surface area (Å²) < 4.78 is 69.8. The van der Waals surface area contributed by atoms with Gasteiger partial charge in [0.15, 0.2) is 19.8 Å². The van der Waals surface area contributed by atoms with Crippen molar-refractivity contribution < 1.29 is 71.2 Å². The summed E-state index contributed by atoms with van der Waals surface area (Å²) in [6, 6.07) is 54.1. The molecule has 0 radical (unpaired) electrons. The molecule has 0 spiro atoms. The normalized spacial score (nSPS) is 11.6. The maximum absolute atomic E-state index is 12.4. The van der Waals surface area contributed by atoms with Crippen LogP contribution in [0.4, 0.5) is 0 Å². The second kappa shape index (κ2) is 27.0. The molecule has 462 valence electrons. The van der Waals surface area contributed by atoms with E-state index in [-0.39, 0.29) is 73.9 Å². The van der Waals surface area contributed by atoms with Crippen molar-refractivity contribution in [1.82, 2.24) is 44.9 Å². The molecule has 3 aromatic heterocycles. The molecule has 32 rings (SSSR count). The van der Waals surface area contributed by atoms with Crippen molar-refractivity contribution in [2.24, 2.45) is 0 Å². The third kappa shape index (κ3) is 14.8. The summed E-state index contributed by atoms with van der Waals surface area (Å²) in [4.78, 5) is 77.0. The van der Waals surface area contributed by atoms with Gasteiger partial charge in [-0.3, -0.25) is 0 Å². The zero-order chi connectivity index (χ0) is 63.6. The molecule has 21 aliphatic heterocycles. The summed E-state index contributed by atoms with van der Waals surface area (Å²) in [6.07, 6.45) is 0. The van der Waals surface area contributed by atoms with Crippen LogP contribution >= 0.6 is 0 Å². The van der Waals surface area contributed by atoms with Crippen molar-refractivity contribution in [2.45, 2.75) is 20.8 Å². The van der Waals surface area contributed by atoms with Crippen LogP contribution in [0.15, 0.2) is 182 Å². The fraction of sp³-hybridized carbons (Fsp3) is 0.130. The summed E-state index contributed by atoms with van der Waals surface area (Å²) in [7, 11) is 0. The van der Waals surface area contributed by atoms with Crippen molar-refractivity contribution >= 4 is 17.9 Å². The third-order valence-corrected chi connectivity index (χ3v) is 13.8. The third-order valence-electron chi connectivity index (χ3n) is 13.8. The number of rotatable bonds is 12. The lowest BCUT2D eigenvalue weighted by Gasteiger charge is -2.14. The van der Waals surface area contributed by atoms with E-state index in [1.807, 2.05) is 109 Å². The zero-order valence-corrected chi connectivity index (χ0v) is 49.7. The first-order valence-corrected chi connectivity index (χ1v) is 29.1. The number of nitrogens with zero attached hydrogens (tertiary/aromatic N) is 9. The molecule has 24 bridgehead atoms. The Balaban J connectivity index is 0.967. The topological polar surface area (TPSA) is 278 Å². The second-order valence-corrected chi connectivity index (χ2v) is 20.2. The Hall–Kier alpha value is -12.6. The summed E-state index contributed by atoms with van der Waals surface area (Å²) in [5.74, 6) is 0.257. The molecule has 93 heavy (non-hydrogen) atoms. The molecule has 24 heterocycles. The van der Waals surface area contributed by atoms with E-state index < -0.39 is 37.7 Å². The molecule has 24 nitrogen and oxygen atoms in total. The molecule has 0 saturated carbocycles. The number of carbonyl (C=O) groups is 3. The van der Waals surface area contributed by atoms with E-state index in [0.29, 0.717) is 34.5 Å². The van der Waals surface area contributed by atoms with Crippen LogP contribution in [-0.2, 0) is 28.6 Å². The Bertz CT molecular complexity index is 3820. The Morgan fingerprint density at radius 1 is 0.258 bits per heavy atom. The van der Waals surface area contributed by atoms with Crippen LogP contribution in [0.5, 0.6) is 88.6 Å². The van der Waals surface area contributed by atoms with Gasteiger partial charge in [0, 0.05) is 0 Å². The minimum Gasteiger partial charge on any atom is -0.463 e. The van der Waals surface area contributed by atoms with Gasteiger partial charge in [0.05, 0.1) is 19.8 Å². The molecule has 0 fully saturated rings. The van der Waals surface area contributed by atoms with Gasteiger partial charge < -0.3 is 56.8 Å². The van der Waals surface area contributed by atoms with Gasteiger partial charge in [-0.2, -0.15) is 0 Å². The van der Waals surface area contributed by atoms with Gasteiger partial charge in [-0.05, 0) is 197 Å². The molecule has 0 atom stereocenters. The standard InChI is InChI=1S/C69H51N9O15/c1-4-82-58(79)37-85-61-70-64-76-65(71-61)89-53-21-9-41(10-22-53)47-32-49-36-51(34-47)45-17-29-57(30-18-45)93-69-75-63(87-39-60(81)84-6-3)74-68(78-69)92-56-27-15-44(16-28-56)50-33-46(40-7-19-52(88-64)20-8-40)31-48(35-50)42-11-23-54(24-12-42)90-66-72-62(86-38-59(80)83-5-2)73-67(77-66)91-55-25-13-43(49)14-26-55/h7-36H,4-6,37-39H2,1-3H3. The number of ether oxygens (including phenoxy) is 12. The lowest BCUT2D eigenvalue weighted by molar-refractivity contribution is -0.146. The fourth-order valence-electron chi connectivity index (χ4n) is 9.59. The van der Waals surface area contributed by atoms with Crippen molar-refractivity contribution in [3.63, 3.8) is 0 Å². The van der Waals surface area contributed by atoms with Gasteiger partial charge in [-0.15, -0.1) is 44.9 Å². The number of carbonyl (C=O) groups excluding carboxylic acids is 3. The highest BCUT2D eigenvalue weighted by Gasteiger charge is 2.21. The van der Waals surface area contributed by atoms with Gasteiger partial charge in [0.2, 0.25) is 0 Å². The van der Waals surface area contributed by atoms with E-state index >= 15 is 0 Å². The van der Waals surface area contributed by atoms with Gasteiger partial charge >= 0.3 is 72.0 Å². The molecule has 0 amide bonds. The Morgan fingerprint density at radius 3 is 0.591 bits per heavy atom. The van der Waals surface area contributed by atoms with E-state index in [0.717, 1.165) is 66.8 Å². The average molecular weight is 1250 g/mol. The maximum Gasteiger partial charge on any atom is 0.344 e. The lowest BCUT2D eigenvalue weighted by Crippen LogP contribution is -2.16. The highest BCUT2D eigenvalue weighted by Crippen LogP contribution is 2.39. The predicted octanol–water partition coefficient (Wildman–Crippen LogP) is 13.4. The number of esters is 3. The second-order valence-electron chi connectivity index (χ2n) is 20.2. The summed E-state index contributed by atoms with van der Waals surface area (Å²) in [6.45, 7) is 4.07. The molecule has 24 heteroatoms. The summed E-state index contributed by atoms with van der Waals surface area (Å²) in [5, 5.41) is 0. The van der Waals surface area contributed by atoms with Crippen LogP contribution in [0.3, 0.4) is 0 Å². The molecule has 0 aliphatic carbocycles. The lowest BCUT2D eigenvalue weighted by atomic mass is 9.93. The maximum atomic E-state index is 12.4. The van der Waals surface area contributed by atoms with Crippen LogP contribution in [0.25, 0.3) is 66.8 Å². The van der Waals surface area contributed by atoms with Gasteiger partial charge in [-0.1, -0.05) is 72.8 Å². The van der Waals surface area contributed by atoms with Crippen LogP contribution in [-0.4, -0.2) is 102 Å². The Kier molecular flexibility index (Phi) is 17.2. The average Bonchev–Trinajstić information content (AvgIpc) is 1.36. The monoisotopic (exact) mass is 1250 g/mol. The number of benzene rings is 8. The minimum atomic E-state index is -0.625. The largest absolute Gasteiger partial charge is 0.463 e. The first kappa shape index (κ1) is 59.4. The Labute approximate surface area is 529 Å². The number of aromatic nitrogens is 9. The van der Waals surface area contributed by atoms with Crippen LogP contribution in [0.1, 0.15) is 20.8 Å². The van der Waals surface area contributed by atoms with Crippen LogP contribution in [0, 0.1) is 0 Å². The summed E-state index contributed by atoms with van der Waals surface area (Å²) in [5.41, 5.74) is 9.77. The highest BCUT2D eigenvalue weighted by molar-refractivity contribution is 5.83. The number of hydrogen-bond acceptors (Lipinski definition) is 24. The van der Waals surface area contributed by atoms with Crippen molar-refractivity contribution in [3.8, 4) is 155 Å². The van der Waals surface area contributed by atoms with E-state index in [1.165, 1.54) is 0 Å². The van der Waals surface area contributed by atoms with Gasteiger partial charge in [-0.25, -0.2) is 14.4 Å². The molecule has 8 aromatic carbocycles. The van der Waals surface area contributed by atoms with Crippen molar-refractivity contribution in [3.05, 3.63) is 182 Å². The SMILES string of the molecule is CCOC(=O)COc1nc2nc(n1)Oc1ccc(cc1)-c1cc3cc(c1)-c1ccc(cc1)Oc1nc(OCC(=O)OCC)nc(n1)Oc1ccc(cc1)-c1cc(cc(c1)-c1ccc(cc1)Oc1nc(OCC(=O)OCC)nc(n1)Oc1ccc-3cc1)-c1ccc(cc1)O2. The minimum absolute atomic E-state index is 0.150. The molecule has 0 saturated heterocycles. The smallest absolute Gasteiger partial charge is 0.344 e. The van der Waals surface area contributed by atoms with E-state index in [9.17, 15) is 14.4 Å². The molecular weight excluding hydrogens is 1190 g/mol. The van der Waals surface area contributed by atoms with Gasteiger partial charge in [0.25, 0.3) is 0 Å². The summed E-state index contributed by atoms with van der Waals surface area (Å²) >= 11 is 0. The van der Waals surface area contributed by atoms with E-state index in [2.05, 4.69) is 44.9 Å².